The third-order valence-corrected chi connectivity index (χ3v) is 4.28. The topological polar surface area (TPSA) is 41.9 Å². The second kappa shape index (κ2) is 10.7. The van der Waals surface area contributed by atoms with Crippen LogP contribution >= 0.6 is 0 Å². The van der Waals surface area contributed by atoms with Gasteiger partial charge in [0.05, 0.1) is 12.7 Å². The molecule has 4 heteroatoms. The first kappa shape index (κ1) is 19.2. The molecule has 1 aromatic carbocycles. The number of esters is 1. The summed E-state index contributed by atoms with van der Waals surface area (Å²) in [5.41, 5.74) is 2.47. The number of nitrogens with zero attached hydrogens (tertiary/aromatic N) is 2. The van der Waals surface area contributed by atoms with Crippen LogP contribution < -0.4 is 4.90 Å². The first-order valence-corrected chi connectivity index (χ1v) is 9.53. The molecule has 0 radical (unpaired) electrons. The van der Waals surface area contributed by atoms with Crippen molar-refractivity contribution in [2.75, 3.05) is 11.4 Å². The van der Waals surface area contributed by atoms with Gasteiger partial charge in [-0.1, -0.05) is 51.7 Å². The summed E-state index contributed by atoms with van der Waals surface area (Å²) in [6.45, 7) is 4.98. The SMILES string of the molecule is CCCCCCc1cccc(N2C=C(OC(=O)CCCC)N=CC2)c1. The van der Waals surface area contributed by atoms with Crippen LogP contribution in [0.15, 0.2) is 41.3 Å². The number of unbranched alkanes of at least 4 members (excludes halogenated alkanes) is 4. The minimum absolute atomic E-state index is 0.211. The van der Waals surface area contributed by atoms with Gasteiger partial charge in [-0.15, -0.1) is 0 Å². The summed E-state index contributed by atoms with van der Waals surface area (Å²) in [6.07, 6.45) is 12.1. The molecule has 1 heterocycles. The number of rotatable bonds is 10. The van der Waals surface area contributed by atoms with Crippen LogP contribution in [-0.2, 0) is 16.0 Å². The molecule has 1 aliphatic heterocycles. The van der Waals surface area contributed by atoms with Gasteiger partial charge in [-0.2, -0.15) is 0 Å². The predicted octanol–water partition coefficient (Wildman–Crippen LogP) is 5.23. The molecule has 0 bridgehead atoms. The zero-order valence-corrected chi connectivity index (χ0v) is 15.5. The van der Waals surface area contributed by atoms with Crippen molar-refractivity contribution in [1.29, 1.82) is 0 Å². The molecule has 1 aromatic rings. The third-order valence-electron chi connectivity index (χ3n) is 4.28. The maximum absolute atomic E-state index is 11.8. The Hall–Kier alpha value is -2.10. The summed E-state index contributed by atoms with van der Waals surface area (Å²) >= 11 is 0. The van der Waals surface area contributed by atoms with Crippen molar-refractivity contribution >= 4 is 17.9 Å². The van der Waals surface area contributed by atoms with E-state index in [9.17, 15) is 4.79 Å². The number of carbonyl (C=O) groups excluding carboxylic acids is 1. The van der Waals surface area contributed by atoms with Crippen molar-refractivity contribution in [2.24, 2.45) is 4.99 Å². The Labute approximate surface area is 151 Å². The quantitative estimate of drug-likeness (QED) is 0.432. The van der Waals surface area contributed by atoms with Crippen molar-refractivity contribution < 1.29 is 9.53 Å². The van der Waals surface area contributed by atoms with E-state index in [-0.39, 0.29) is 5.97 Å². The number of anilines is 1. The normalized spacial score (nSPS) is 13.7. The van der Waals surface area contributed by atoms with E-state index in [1.807, 2.05) is 6.20 Å². The van der Waals surface area contributed by atoms with Crippen molar-refractivity contribution in [1.82, 2.24) is 0 Å². The molecule has 4 nitrogen and oxygen atoms in total. The van der Waals surface area contributed by atoms with Crippen molar-refractivity contribution in [2.45, 2.75) is 65.2 Å². The first-order valence-electron chi connectivity index (χ1n) is 9.53. The highest BCUT2D eigenvalue weighted by molar-refractivity contribution is 5.74. The Morgan fingerprint density at radius 3 is 2.80 bits per heavy atom. The van der Waals surface area contributed by atoms with Crippen molar-refractivity contribution in [3.05, 3.63) is 41.9 Å². The maximum atomic E-state index is 11.8. The number of carbonyl (C=O) groups is 1. The van der Waals surface area contributed by atoms with Gasteiger partial charge in [0.25, 0.3) is 0 Å². The molecule has 1 aliphatic rings. The van der Waals surface area contributed by atoms with Gasteiger partial charge in [0.1, 0.15) is 0 Å². The highest BCUT2D eigenvalue weighted by Gasteiger charge is 2.13. The number of hydrogen-bond donors (Lipinski definition) is 0. The predicted molar refractivity (Wildman–Crippen MR) is 104 cm³/mol. The summed E-state index contributed by atoms with van der Waals surface area (Å²) in [7, 11) is 0. The first-order chi connectivity index (χ1) is 12.2. The van der Waals surface area contributed by atoms with E-state index in [4.69, 9.17) is 4.74 Å². The van der Waals surface area contributed by atoms with Crippen LogP contribution in [0.3, 0.4) is 0 Å². The van der Waals surface area contributed by atoms with Crippen LogP contribution in [0, 0.1) is 0 Å². The van der Waals surface area contributed by atoms with E-state index in [0.717, 1.165) is 24.9 Å². The van der Waals surface area contributed by atoms with Gasteiger partial charge in [0.2, 0.25) is 5.88 Å². The lowest BCUT2D eigenvalue weighted by Gasteiger charge is -2.22. The fourth-order valence-corrected chi connectivity index (χ4v) is 2.81. The highest BCUT2D eigenvalue weighted by Crippen LogP contribution is 2.21. The fraction of sp³-hybridized carbons (Fsp3) is 0.524. The molecule has 0 amide bonds. The second-order valence-electron chi connectivity index (χ2n) is 6.49. The third kappa shape index (κ3) is 6.73. The van der Waals surface area contributed by atoms with Crippen molar-refractivity contribution in [3.63, 3.8) is 0 Å². The van der Waals surface area contributed by atoms with E-state index in [1.54, 1.807) is 6.21 Å². The van der Waals surface area contributed by atoms with E-state index in [2.05, 4.69) is 48.0 Å². The number of ether oxygens (including phenoxy) is 1. The van der Waals surface area contributed by atoms with Gasteiger partial charge in [-0.25, -0.2) is 4.99 Å². The molecule has 25 heavy (non-hydrogen) atoms. The molecule has 0 saturated heterocycles. The Morgan fingerprint density at radius 2 is 2.00 bits per heavy atom. The zero-order chi connectivity index (χ0) is 17.9. The van der Waals surface area contributed by atoms with E-state index in [1.165, 1.54) is 31.2 Å². The van der Waals surface area contributed by atoms with E-state index < -0.39 is 0 Å². The Morgan fingerprint density at radius 1 is 1.16 bits per heavy atom. The van der Waals surface area contributed by atoms with Crippen LogP contribution in [0.4, 0.5) is 5.69 Å². The average Bonchev–Trinajstić information content (AvgIpc) is 2.64. The maximum Gasteiger partial charge on any atom is 0.312 e. The van der Waals surface area contributed by atoms with Gasteiger partial charge >= 0.3 is 5.97 Å². The standard InChI is InChI=1S/C21H30N2O2/c1-3-5-7-8-10-18-11-9-12-19(16-18)23-15-14-22-20(17-23)25-21(24)13-6-4-2/h9,11-12,14,16-17H,3-8,10,13,15H2,1-2H3. The van der Waals surface area contributed by atoms with Crippen LogP contribution in [0.5, 0.6) is 0 Å². The number of aliphatic imine (C=N–C) groups is 1. The molecule has 136 valence electrons. The highest BCUT2D eigenvalue weighted by atomic mass is 16.5. The largest absolute Gasteiger partial charge is 0.406 e. The molecule has 0 aliphatic carbocycles. The molecule has 0 spiro atoms. The van der Waals surface area contributed by atoms with Crippen LogP contribution in [0.1, 0.15) is 64.4 Å². The average molecular weight is 342 g/mol. The number of hydrogen-bond acceptors (Lipinski definition) is 4. The van der Waals surface area contributed by atoms with Gasteiger partial charge in [-0.3, -0.25) is 4.79 Å². The Balaban J connectivity index is 1.95. The zero-order valence-electron chi connectivity index (χ0n) is 15.5. The monoisotopic (exact) mass is 342 g/mol. The summed E-state index contributed by atoms with van der Waals surface area (Å²) < 4.78 is 5.35. The smallest absolute Gasteiger partial charge is 0.312 e. The van der Waals surface area contributed by atoms with Gasteiger partial charge in [0, 0.05) is 18.3 Å². The van der Waals surface area contributed by atoms with Crippen LogP contribution in [0.2, 0.25) is 0 Å². The summed E-state index contributed by atoms with van der Waals surface area (Å²) in [5, 5.41) is 0. The molecule has 0 saturated carbocycles. The lowest BCUT2D eigenvalue weighted by atomic mass is 10.1. The lowest BCUT2D eigenvalue weighted by molar-refractivity contribution is -0.139. The number of benzene rings is 1. The summed E-state index contributed by atoms with van der Waals surface area (Å²) in [4.78, 5) is 18.1. The molecular weight excluding hydrogens is 312 g/mol. The molecular formula is C21H30N2O2. The minimum atomic E-state index is -0.211. The molecule has 2 rings (SSSR count). The van der Waals surface area contributed by atoms with E-state index >= 15 is 0 Å². The minimum Gasteiger partial charge on any atom is -0.406 e. The molecule has 0 N–H and O–H groups in total. The molecule has 0 fully saturated rings. The van der Waals surface area contributed by atoms with Gasteiger partial charge < -0.3 is 9.64 Å². The Kier molecular flexibility index (Phi) is 8.23. The van der Waals surface area contributed by atoms with E-state index in [0.29, 0.717) is 18.8 Å². The molecule has 0 atom stereocenters. The van der Waals surface area contributed by atoms with Crippen LogP contribution in [-0.4, -0.2) is 18.7 Å². The summed E-state index contributed by atoms with van der Waals surface area (Å²) in [5.74, 6) is 0.164. The number of aryl methyl sites for hydroxylation is 1. The fourth-order valence-electron chi connectivity index (χ4n) is 2.81. The van der Waals surface area contributed by atoms with Crippen molar-refractivity contribution in [3.8, 4) is 0 Å². The van der Waals surface area contributed by atoms with Gasteiger partial charge in [-0.05, 0) is 37.0 Å². The lowest BCUT2D eigenvalue weighted by Crippen LogP contribution is -2.23. The van der Waals surface area contributed by atoms with Crippen LogP contribution in [0.25, 0.3) is 0 Å². The van der Waals surface area contributed by atoms with Gasteiger partial charge in [0.15, 0.2) is 0 Å². The molecule has 0 aromatic heterocycles. The second-order valence-corrected chi connectivity index (χ2v) is 6.49. The molecule has 0 unspecified atom stereocenters. The Bertz CT molecular complexity index is 608. The summed E-state index contributed by atoms with van der Waals surface area (Å²) in [6, 6.07) is 8.58.